The third-order valence-corrected chi connectivity index (χ3v) is 2.09. The quantitative estimate of drug-likeness (QED) is 0.677. The van der Waals surface area contributed by atoms with Crippen molar-refractivity contribution >= 4 is 11.4 Å². The lowest BCUT2D eigenvalue weighted by Crippen LogP contribution is -1.96. The second-order valence-electron chi connectivity index (χ2n) is 3.25. The van der Waals surface area contributed by atoms with Crippen molar-refractivity contribution in [2.75, 3.05) is 0 Å². The van der Waals surface area contributed by atoms with Crippen molar-refractivity contribution in [2.45, 2.75) is 6.92 Å². The highest BCUT2D eigenvalue weighted by atomic mass is 14.8. The summed E-state index contributed by atoms with van der Waals surface area (Å²) in [4.78, 5) is 8.73. The number of rotatable bonds is 2. The van der Waals surface area contributed by atoms with E-state index in [1.165, 1.54) is 0 Å². The van der Waals surface area contributed by atoms with Gasteiger partial charge in [-0.05, 0) is 31.2 Å². The van der Waals surface area contributed by atoms with Crippen LogP contribution in [-0.2, 0) is 0 Å². The molecule has 0 aliphatic rings. The summed E-state index contributed by atoms with van der Waals surface area (Å²) in [7, 11) is 0. The van der Waals surface area contributed by atoms with Crippen LogP contribution in [0, 0.1) is 0 Å². The molecule has 0 aliphatic heterocycles. The van der Waals surface area contributed by atoms with Gasteiger partial charge in [0.25, 0.3) is 0 Å². The van der Waals surface area contributed by atoms with Crippen molar-refractivity contribution < 1.29 is 0 Å². The number of hydrogen-bond acceptors (Lipinski definition) is 2. The molecule has 0 atom stereocenters. The third-order valence-electron chi connectivity index (χ3n) is 2.09. The Kier molecular flexibility index (Phi) is 2.88. The number of pyridine rings is 1. The average molecular weight is 196 g/mol. The molecular formula is C13H12N2. The molecule has 0 fully saturated rings. The lowest BCUT2D eigenvalue weighted by Gasteiger charge is -1.99. The van der Waals surface area contributed by atoms with Crippen LogP contribution in [0.5, 0.6) is 0 Å². The van der Waals surface area contributed by atoms with E-state index in [0.717, 1.165) is 17.1 Å². The van der Waals surface area contributed by atoms with Crippen LogP contribution in [0.4, 0.5) is 5.69 Å². The molecular weight excluding hydrogens is 184 g/mol. The summed E-state index contributed by atoms with van der Waals surface area (Å²) in [6, 6.07) is 15.7. The molecule has 15 heavy (non-hydrogen) atoms. The van der Waals surface area contributed by atoms with Gasteiger partial charge in [-0.2, -0.15) is 0 Å². The van der Waals surface area contributed by atoms with Crippen LogP contribution < -0.4 is 0 Å². The Morgan fingerprint density at radius 2 is 1.73 bits per heavy atom. The predicted octanol–water partition coefficient (Wildman–Crippen LogP) is 3.22. The van der Waals surface area contributed by atoms with Gasteiger partial charge in [-0.3, -0.25) is 9.98 Å². The highest BCUT2D eigenvalue weighted by Crippen LogP contribution is 2.11. The van der Waals surface area contributed by atoms with Crippen LogP contribution in [0.3, 0.4) is 0 Å². The molecule has 2 rings (SSSR count). The van der Waals surface area contributed by atoms with Crippen molar-refractivity contribution in [1.82, 2.24) is 4.98 Å². The fourth-order valence-electron chi connectivity index (χ4n) is 1.33. The number of para-hydroxylation sites is 1. The van der Waals surface area contributed by atoms with E-state index in [0.29, 0.717) is 0 Å². The highest BCUT2D eigenvalue weighted by Gasteiger charge is 1.96. The molecule has 2 aromatic rings. The maximum Gasteiger partial charge on any atom is 0.0841 e. The minimum Gasteiger partial charge on any atom is -0.255 e. The molecule has 74 valence electrons. The van der Waals surface area contributed by atoms with E-state index in [4.69, 9.17) is 0 Å². The standard InChI is InChI=1S/C13H12N2/c1-11(13-9-5-6-10-14-13)15-12-7-3-2-4-8-12/h2-10H,1H3/b15-11+. The van der Waals surface area contributed by atoms with Crippen molar-refractivity contribution in [3.63, 3.8) is 0 Å². The summed E-state index contributed by atoms with van der Waals surface area (Å²) < 4.78 is 0. The van der Waals surface area contributed by atoms with E-state index >= 15 is 0 Å². The largest absolute Gasteiger partial charge is 0.255 e. The van der Waals surface area contributed by atoms with Gasteiger partial charge >= 0.3 is 0 Å². The fourth-order valence-corrected chi connectivity index (χ4v) is 1.33. The number of aliphatic imine (C=N–C) groups is 1. The predicted molar refractivity (Wildman–Crippen MR) is 62.6 cm³/mol. The Hall–Kier alpha value is -1.96. The van der Waals surface area contributed by atoms with Crippen molar-refractivity contribution in [3.05, 3.63) is 60.4 Å². The summed E-state index contributed by atoms with van der Waals surface area (Å²) in [5.74, 6) is 0. The fraction of sp³-hybridized carbons (Fsp3) is 0.0769. The van der Waals surface area contributed by atoms with Crippen LogP contribution in [0.1, 0.15) is 12.6 Å². The summed E-state index contributed by atoms with van der Waals surface area (Å²) in [6.45, 7) is 1.97. The molecule has 1 aromatic heterocycles. The second kappa shape index (κ2) is 4.51. The average Bonchev–Trinajstić information content (AvgIpc) is 2.31. The van der Waals surface area contributed by atoms with Crippen molar-refractivity contribution in [2.24, 2.45) is 4.99 Å². The smallest absolute Gasteiger partial charge is 0.0841 e. The Balaban J connectivity index is 2.29. The van der Waals surface area contributed by atoms with E-state index in [1.54, 1.807) is 6.20 Å². The molecule has 0 spiro atoms. The number of benzene rings is 1. The first-order valence-electron chi connectivity index (χ1n) is 4.88. The first-order valence-corrected chi connectivity index (χ1v) is 4.88. The molecule has 1 heterocycles. The van der Waals surface area contributed by atoms with E-state index in [9.17, 15) is 0 Å². The monoisotopic (exact) mass is 196 g/mol. The second-order valence-corrected chi connectivity index (χ2v) is 3.25. The zero-order valence-corrected chi connectivity index (χ0v) is 8.59. The highest BCUT2D eigenvalue weighted by molar-refractivity contribution is 5.98. The van der Waals surface area contributed by atoms with Gasteiger partial charge in [0.1, 0.15) is 0 Å². The number of hydrogen-bond donors (Lipinski definition) is 0. The minimum atomic E-state index is 0.918. The lowest BCUT2D eigenvalue weighted by atomic mass is 10.2. The van der Waals surface area contributed by atoms with E-state index in [-0.39, 0.29) is 0 Å². The maximum atomic E-state index is 4.48. The Morgan fingerprint density at radius 1 is 1.00 bits per heavy atom. The first kappa shape index (κ1) is 9.59. The molecule has 0 radical (unpaired) electrons. The normalized spacial score (nSPS) is 11.4. The summed E-state index contributed by atoms with van der Waals surface area (Å²) >= 11 is 0. The van der Waals surface area contributed by atoms with E-state index in [1.807, 2.05) is 55.5 Å². The summed E-state index contributed by atoms with van der Waals surface area (Å²) in [5, 5.41) is 0. The van der Waals surface area contributed by atoms with Gasteiger partial charge in [0.15, 0.2) is 0 Å². The topological polar surface area (TPSA) is 25.2 Å². The van der Waals surface area contributed by atoms with Crippen LogP contribution >= 0.6 is 0 Å². The summed E-state index contributed by atoms with van der Waals surface area (Å²) in [5.41, 5.74) is 2.81. The van der Waals surface area contributed by atoms with Gasteiger partial charge in [-0.15, -0.1) is 0 Å². The molecule has 0 N–H and O–H groups in total. The van der Waals surface area contributed by atoms with Crippen LogP contribution in [-0.4, -0.2) is 10.7 Å². The van der Waals surface area contributed by atoms with Gasteiger partial charge in [0, 0.05) is 6.20 Å². The maximum absolute atomic E-state index is 4.48. The molecule has 2 nitrogen and oxygen atoms in total. The number of aromatic nitrogens is 1. The zero-order valence-electron chi connectivity index (χ0n) is 8.59. The van der Waals surface area contributed by atoms with Crippen LogP contribution in [0.25, 0.3) is 0 Å². The molecule has 2 heteroatoms. The molecule has 0 saturated carbocycles. The van der Waals surface area contributed by atoms with Crippen LogP contribution in [0.15, 0.2) is 59.7 Å². The Labute approximate surface area is 89.3 Å². The SMILES string of the molecule is C/C(=N\c1ccccc1)c1ccccn1. The molecule has 0 saturated heterocycles. The molecule has 0 bridgehead atoms. The lowest BCUT2D eigenvalue weighted by molar-refractivity contribution is 1.28. The third kappa shape index (κ3) is 2.50. The first-order chi connectivity index (χ1) is 7.36. The molecule has 0 aliphatic carbocycles. The van der Waals surface area contributed by atoms with Gasteiger partial charge in [-0.25, -0.2) is 0 Å². The van der Waals surface area contributed by atoms with Gasteiger partial charge in [-0.1, -0.05) is 24.3 Å². The Bertz CT molecular complexity index is 446. The Morgan fingerprint density at radius 3 is 2.40 bits per heavy atom. The van der Waals surface area contributed by atoms with Crippen molar-refractivity contribution in [3.8, 4) is 0 Å². The minimum absolute atomic E-state index is 0.918. The van der Waals surface area contributed by atoms with Crippen LogP contribution in [0.2, 0.25) is 0 Å². The summed E-state index contributed by atoms with van der Waals surface area (Å²) in [6.07, 6.45) is 1.78. The zero-order chi connectivity index (χ0) is 10.5. The van der Waals surface area contributed by atoms with E-state index < -0.39 is 0 Å². The molecule has 0 unspecified atom stereocenters. The van der Waals surface area contributed by atoms with E-state index in [2.05, 4.69) is 9.98 Å². The molecule has 0 amide bonds. The number of nitrogens with zero attached hydrogens (tertiary/aromatic N) is 2. The van der Waals surface area contributed by atoms with Crippen molar-refractivity contribution in [1.29, 1.82) is 0 Å². The van der Waals surface area contributed by atoms with Gasteiger partial charge in [0.05, 0.1) is 17.1 Å². The molecule has 1 aromatic carbocycles. The van der Waals surface area contributed by atoms with Gasteiger partial charge < -0.3 is 0 Å². The van der Waals surface area contributed by atoms with Gasteiger partial charge in [0.2, 0.25) is 0 Å².